The van der Waals surface area contributed by atoms with Crippen molar-refractivity contribution in [3.8, 4) is 0 Å². The third-order valence-electron chi connectivity index (χ3n) is 5.51. The minimum absolute atomic E-state index is 0.508. The molecule has 0 saturated heterocycles. The van der Waals surface area contributed by atoms with Gasteiger partial charge in [-0.25, -0.2) is 0 Å². The Morgan fingerprint density at radius 2 is 1.56 bits per heavy atom. The van der Waals surface area contributed by atoms with Gasteiger partial charge in [0.25, 0.3) is 0 Å². The molecule has 0 amide bonds. The molecular weight excluding hydrogens is 418 g/mol. The maximum atomic E-state index is 6.16. The van der Waals surface area contributed by atoms with E-state index in [1.807, 2.05) is 54.6 Å². The Labute approximate surface area is 203 Å². The fourth-order valence-electron chi connectivity index (χ4n) is 3.56. The van der Waals surface area contributed by atoms with Crippen LogP contribution in [0.5, 0.6) is 0 Å². The van der Waals surface area contributed by atoms with Gasteiger partial charge in [0.2, 0.25) is 0 Å². The maximum Gasteiger partial charge on any atom is 0.101 e. The number of likely N-dealkylation sites (N-methyl/N-ethyl adjacent to an activating group) is 1. The van der Waals surface area contributed by atoms with Crippen LogP contribution >= 0.6 is 0 Å². The Bertz CT molecular complexity index is 1100. The molecule has 0 aliphatic rings. The number of anilines is 1. The van der Waals surface area contributed by atoms with Gasteiger partial charge in [0.1, 0.15) is 5.82 Å². The van der Waals surface area contributed by atoms with Crippen molar-refractivity contribution in [3.05, 3.63) is 126 Å². The Morgan fingerprint density at radius 3 is 2.26 bits per heavy atom. The van der Waals surface area contributed by atoms with Crippen LogP contribution in [0.2, 0.25) is 0 Å². The highest BCUT2D eigenvalue weighted by Gasteiger charge is 2.05. The van der Waals surface area contributed by atoms with Crippen LogP contribution in [0, 0.1) is 0 Å². The number of benzene rings is 3. The number of nitrogens with two attached hydrogens (primary N) is 2. The summed E-state index contributed by atoms with van der Waals surface area (Å²) in [5.74, 6) is 0.508. The third kappa shape index (κ3) is 7.87. The zero-order chi connectivity index (χ0) is 24.2. The highest BCUT2D eigenvalue weighted by atomic mass is 15.1. The minimum Gasteiger partial charge on any atom is -0.398 e. The topological polar surface area (TPSA) is 79.3 Å². The molecule has 0 aliphatic heterocycles. The average Bonchev–Trinajstić information content (AvgIpc) is 2.88. The summed E-state index contributed by atoms with van der Waals surface area (Å²) in [6.07, 6.45) is 3.57. The minimum atomic E-state index is 0.508. The molecule has 0 spiro atoms. The van der Waals surface area contributed by atoms with E-state index < -0.39 is 0 Å². The summed E-state index contributed by atoms with van der Waals surface area (Å²) in [6, 6.07) is 28.4. The van der Waals surface area contributed by atoms with Crippen LogP contribution in [0.3, 0.4) is 0 Å². The van der Waals surface area contributed by atoms with Crippen LogP contribution in [0.4, 0.5) is 5.69 Å². The number of hydrogen-bond acceptors (Lipinski definition) is 5. The molecule has 0 heterocycles. The molecule has 176 valence electrons. The largest absolute Gasteiger partial charge is 0.398 e. The Morgan fingerprint density at radius 1 is 0.882 bits per heavy atom. The second-order valence-corrected chi connectivity index (χ2v) is 8.08. The molecule has 0 bridgehead atoms. The Hall–Kier alpha value is -3.96. The van der Waals surface area contributed by atoms with Crippen LogP contribution in [-0.2, 0) is 6.54 Å². The van der Waals surface area contributed by atoms with Crippen molar-refractivity contribution < 1.29 is 0 Å². The summed E-state index contributed by atoms with van der Waals surface area (Å²) in [7, 11) is 0. The number of nitrogens with one attached hydrogen (secondary N) is 2. The number of rotatable bonds is 12. The SMILES string of the molecule is C=C(NCCN(CC)Cc1ccccc1)c1cccc(N/C(N)=C/C=C(\N)c2ccccc2)c1. The molecule has 0 unspecified atom stereocenters. The number of allylic oxidation sites excluding steroid dienone is 2. The van der Waals surface area contributed by atoms with E-state index in [9.17, 15) is 0 Å². The van der Waals surface area contributed by atoms with Gasteiger partial charge in [0, 0.05) is 36.7 Å². The quantitative estimate of drug-likeness (QED) is 0.291. The first-order valence-electron chi connectivity index (χ1n) is 11.6. The maximum absolute atomic E-state index is 6.16. The van der Waals surface area contributed by atoms with Crippen molar-refractivity contribution >= 4 is 17.1 Å². The predicted molar refractivity (Wildman–Crippen MR) is 145 cm³/mol. The summed E-state index contributed by atoms with van der Waals surface area (Å²) < 4.78 is 0. The lowest BCUT2D eigenvalue weighted by atomic mass is 10.1. The van der Waals surface area contributed by atoms with Gasteiger partial charge in [0.05, 0.1) is 0 Å². The molecular formula is C29H35N5. The van der Waals surface area contributed by atoms with Crippen molar-refractivity contribution in [2.75, 3.05) is 25.0 Å². The van der Waals surface area contributed by atoms with Gasteiger partial charge in [0.15, 0.2) is 0 Å². The second-order valence-electron chi connectivity index (χ2n) is 8.08. The van der Waals surface area contributed by atoms with Crippen LogP contribution in [0.1, 0.15) is 23.6 Å². The smallest absolute Gasteiger partial charge is 0.101 e. The molecule has 0 atom stereocenters. The lowest BCUT2D eigenvalue weighted by molar-refractivity contribution is 0.284. The van der Waals surface area contributed by atoms with E-state index in [4.69, 9.17) is 11.5 Å². The number of hydrogen-bond donors (Lipinski definition) is 4. The molecule has 0 fully saturated rings. The summed E-state index contributed by atoms with van der Waals surface area (Å²) >= 11 is 0. The van der Waals surface area contributed by atoms with Crippen molar-refractivity contribution in [3.63, 3.8) is 0 Å². The van der Waals surface area contributed by atoms with Crippen molar-refractivity contribution in [1.29, 1.82) is 0 Å². The average molecular weight is 454 g/mol. The Kier molecular flexibility index (Phi) is 9.38. The normalized spacial score (nSPS) is 11.9. The van der Waals surface area contributed by atoms with Gasteiger partial charge < -0.3 is 22.1 Å². The van der Waals surface area contributed by atoms with Crippen molar-refractivity contribution in [2.24, 2.45) is 11.5 Å². The molecule has 3 aromatic carbocycles. The predicted octanol–water partition coefficient (Wildman–Crippen LogP) is 4.98. The van der Waals surface area contributed by atoms with Crippen molar-refractivity contribution in [1.82, 2.24) is 10.2 Å². The van der Waals surface area contributed by atoms with Crippen LogP contribution in [0.25, 0.3) is 11.4 Å². The molecule has 0 aromatic heterocycles. The van der Waals surface area contributed by atoms with Crippen molar-refractivity contribution in [2.45, 2.75) is 13.5 Å². The molecule has 3 rings (SSSR count). The molecule has 0 aliphatic carbocycles. The molecule has 0 saturated carbocycles. The van der Waals surface area contributed by atoms with E-state index in [-0.39, 0.29) is 0 Å². The van der Waals surface area contributed by atoms with E-state index in [1.54, 1.807) is 12.2 Å². The molecule has 34 heavy (non-hydrogen) atoms. The summed E-state index contributed by atoms with van der Waals surface area (Å²) in [4.78, 5) is 2.41. The summed E-state index contributed by atoms with van der Waals surface area (Å²) in [5, 5.41) is 6.67. The van der Waals surface area contributed by atoms with Crippen LogP contribution < -0.4 is 22.1 Å². The first-order valence-corrected chi connectivity index (χ1v) is 11.6. The zero-order valence-electron chi connectivity index (χ0n) is 19.9. The monoisotopic (exact) mass is 453 g/mol. The highest BCUT2D eigenvalue weighted by molar-refractivity contribution is 5.67. The van der Waals surface area contributed by atoms with E-state index >= 15 is 0 Å². The lowest BCUT2D eigenvalue weighted by Crippen LogP contribution is -2.31. The van der Waals surface area contributed by atoms with Gasteiger partial charge >= 0.3 is 0 Å². The molecule has 5 nitrogen and oxygen atoms in total. The van der Waals surface area contributed by atoms with E-state index in [0.717, 1.165) is 48.7 Å². The first kappa shape index (κ1) is 24.7. The highest BCUT2D eigenvalue weighted by Crippen LogP contribution is 2.17. The van der Waals surface area contributed by atoms with Gasteiger partial charge in [-0.2, -0.15) is 0 Å². The van der Waals surface area contributed by atoms with E-state index in [1.165, 1.54) is 5.56 Å². The van der Waals surface area contributed by atoms with Gasteiger partial charge in [-0.15, -0.1) is 0 Å². The van der Waals surface area contributed by atoms with Gasteiger partial charge in [-0.3, -0.25) is 4.90 Å². The lowest BCUT2D eigenvalue weighted by Gasteiger charge is -2.21. The van der Waals surface area contributed by atoms with E-state index in [2.05, 4.69) is 59.4 Å². The summed E-state index contributed by atoms with van der Waals surface area (Å²) in [5.41, 5.74) is 18.0. The standard InChI is InChI=1S/C29H35N5/c1-3-34(22-24-11-6-4-7-12-24)20-19-32-23(2)26-15-10-16-27(21-26)33-29(31)18-17-28(30)25-13-8-5-9-14-25/h4-18,21,32-33H,2-3,19-20,22,30-31H2,1H3/b28-17-,29-18+. The third-order valence-corrected chi connectivity index (χ3v) is 5.51. The van der Waals surface area contributed by atoms with E-state index in [0.29, 0.717) is 11.5 Å². The fourth-order valence-corrected chi connectivity index (χ4v) is 3.56. The summed E-state index contributed by atoms with van der Waals surface area (Å²) in [6.45, 7) is 10.1. The molecule has 5 heteroatoms. The van der Waals surface area contributed by atoms with Gasteiger partial charge in [-0.05, 0) is 47.5 Å². The fraction of sp³-hybridized carbons (Fsp3) is 0.172. The zero-order valence-corrected chi connectivity index (χ0v) is 19.9. The number of nitrogens with zero attached hydrogens (tertiary/aromatic N) is 1. The first-order chi connectivity index (χ1) is 16.5. The molecule has 0 radical (unpaired) electrons. The Balaban J connectivity index is 1.52. The van der Waals surface area contributed by atoms with Gasteiger partial charge in [-0.1, -0.05) is 86.3 Å². The molecule has 3 aromatic rings. The van der Waals surface area contributed by atoms with Crippen LogP contribution in [-0.4, -0.2) is 24.5 Å². The molecule has 6 N–H and O–H groups in total. The second kappa shape index (κ2) is 12.9. The van der Waals surface area contributed by atoms with Crippen LogP contribution in [0.15, 0.2) is 109 Å².